The third kappa shape index (κ3) is 4.29. The Bertz CT molecular complexity index is 847. The minimum atomic E-state index is -0.218. The maximum absolute atomic E-state index is 12.2. The molecule has 0 saturated carbocycles. The lowest BCUT2D eigenvalue weighted by atomic mass is 10.1. The molecule has 7 nitrogen and oxygen atoms in total. The zero-order valence-corrected chi connectivity index (χ0v) is 13.4. The van der Waals surface area contributed by atoms with Crippen molar-refractivity contribution in [1.82, 2.24) is 25.8 Å². The summed E-state index contributed by atoms with van der Waals surface area (Å²) in [6.07, 6.45) is 6.57. The van der Waals surface area contributed by atoms with Gasteiger partial charge in [-0.1, -0.05) is 12.1 Å². The van der Waals surface area contributed by atoms with Crippen LogP contribution in [-0.2, 0) is 0 Å². The molecule has 2 aromatic heterocycles. The molecule has 2 amide bonds. The molecule has 7 heteroatoms. The number of aromatic nitrogens is 3. The first-order valence-corrected chi connectivity index (χ1v) is 7.79. The van der Waals surface area contributed by atoms with Gasteiger partial charge in [0, 0.05) is 42.8 Å². The van der Waals surface area contributed by atoms with Gasteiger partial charge in [0.05, 0.1) is 11.8 Å². The highest BCUT2D eigenvalue weighted by atomic mass is 16.2. The molecule has 2 heterocycles. The number of aromatic amines is 1. The smallest absolute Gasteiger partial charge is 0.252 e. The Morgan fingerprint density at radius 2 is 1.68 bits per heavy atom. The van der Waals surface area contributed by atoms with Gasteiger partial charge in [-0.3, -0.25) is 19.7 Å². The van der Waals surface area contributed by atoms with Gasteiger partial charge < -0.3 is 10.6 Å². The van der Waals surface area contributed by atoms with Gasteiger partial charge >= 0.3 is 0 Å². The summed E-state index contributed by atoms with van der Waals surface area (Å²) in [6.45, 7) is 0.668. The average Bonchev–Trinajstić information content (AvgIpc) is 3.20. The molecule has 0 bridgehead atoms. The molecule has 1 aromatic carbocycles. The minimum Gasteiger partial charge on any atom is -0.350 e. The second-order valence-corrected chi connectivity index (χ2v) is 5.32. The summed E-state index contributed by atoms with van der Waals surface area (Å²) in [5.74, 6) is -0.412. The van der Waals surface area contributed by atoms with Crippen molar-refractivity contribution >= 4 is 11.8 Å². The number of carbonyl (C=O) groups excluding carboxylic acids is 2. The third-order valence-electron chi connectivity index (χ3n) is 3.58. The number of carbonyl (C=O) groups is 2. The second-order valence-electron chi connectivity index (χ2n) is 5.32. The van der Waals surface area contributed by atoms with E-state index in [2.05, 4.69) is 25.8 Å². The molecular formula is C18H17N5O2. The van der Waals surface area contributed by atoms with Crippen LogP contribution in [0.2, 0.25) is 0 Å². The monoisotopic (exact) mass is 335 g/mol. The normalized spacial score (nSPS) is 10.2. The zero-order valence-electron chi connectivity index (χ0n) is 13.4. The summed E-state index contributed by atoms with van der Waals surface area (Å²) in [5, 5.41) is 12.2. The van der Waals surface area contributed by atoms with Crippen molar-refractivity contribution in [2.75, 3.05) is 13.1 Å². The number of amides is 2. The fourth-order valence-corrected chi connectivity index (χ4v) is 2.30. The molecule has 0 spiro atoms. The summed E-state index contributed by atoms with van der Waals surface area (Å²) in [5.41, 5.74) is 2.86. The van der Waals surface area contributed by atoms with Crippen molar-refractivity contribution in [3.63, 3.8) is 0 Å². The molecule has 3 aromatic rings. The Balaban J connectivity index is 1.50. The first-order valence-electron chi connectivity index (χ1n) is 7.79. The zero-order chi connectivity index (χ0) is 17.5. The molecule has 3 rings (SSSR count). The van der Waals surface area contributed by atoms with Crippen molar-refractivity contribution in [1.29, 1.82) is 0 Å². The van der Waals surface area contributed by atoms with Gasteiger partial charge in [-0.25, -0.2) is 0 Å². The first kappa shape index (κ1) is 16.4. The number of hydrogen-bond acceptors (Lipinski definition) is 4. The van der Waals surface area contributed by atoms with Crippen LogP contribution in [0.1, 0.15) is 20.7 Å². The molecule has 0 aliphatic heterocycles. The van der Waals surface area contributed by atoms with Gasteiger partial charge in [-0.15, -0.1) is 0 Å². The van der Waals surface area contributed by atoms with E-state index in [0.29, 0.717) is 24.2 Å². The van der Waals surface area contributed by atoms with Gasteiger partial charge in [-0.2, -0.15) is 5.10 Å². The van der Waals surface area contributed by atoms with E-state index in [9.17, 15) is 9.59 Å². The Morgan fingerprint density at radius 3 is 2.36 bits per heavy atom. The molecule has 126 valence electrons. The molecular weight excluding hydrogens is 318 g/mol. The van der Waals surface area contributed by atoms with Crippen LogP contribution < -0.4 is 10.6 Å². The number of benzene rings is 1. The Kier molecular flexibility index (Phi) is 5.16. The lowest BCUT2D eigenvalue weighted by molar-refractivity contribution is 0.0927. The van der Waals surface area contributed by atoms with Crippen LogP contribution in [0.25, 0.3) is 11.1 Å². The topological polar surface area (TPSA) is 99.8 Å². The fourth-order valence-electron chi connectivity index (χ4n) is 2.30. The summed E-state index contributed by atoms with van der Waals surface area (Å²) < 4.78 is 0. The SMILES string of the molecule is O=C(NCCNC(=O)c1cccc(-c2cn[nH]c2)c1)c1cccnc1. The third-order valence-corrected chi connectivity index (χ3v) is 3.58. The van der Waals surface area contributed by atoms with E-state index in [4.69, 9.17) is 0 Å². The van der Waals surface area contributed by atoms with Crippen molar-refractivity contribution in [3.05, 3.63) is 72.3 Å². The number of pyridine rings is 1. The molecule has 0 atom stereocenters. The number of hydrogen-bond donors (Lipinski definition) is 3. The second kappa shape index (κ2) is 7.87. The first-order chi connectivity index (χ1) is 12.2. The van der Waals surface area contributed by atoms with E-state index in [1.807, 2.05) is 12.1 Å². The van der Waals surface area contributed by atoms with Crippen LogP contribution in [0, 0.1) is 0 Å². The number of rotatable bonds is 6. The molecule has 0 unspecified atom stereocenters. The number of H-pyrrole nitrogens is 1. The van der Waals surface area contributed by atoms with Crippen molar-refractivity contribution in [2.24, 2.45) is 0 Å². The van der Waals surface area contributed by atoms with Crippen molar-refractivity contribution in [3.8, 4) is 11.1 Å². The Labute approximate surface area is 144 Å². The molecule has 0 aliphatic rings. The van der Waals surface area contributed by atoms with E-state index in [1.165, 1.54) is 6.20 Å². The maximum Gasteiger partial charge on any atom is 0.252 e. The van der Waals surface area contributed by atoms with Gasteiger partial charge in [-0.05, 0) is 29.8 Å². The largest absolute Gasteiger partial charge is 0.350 e. The van der Waals surface area contributed by atoms with Crippen LogP contribution in [-0.4, -0.2) is 40.1 Å². The van der Waals surface area contributed by atoms with Crippen molar-refractivity contribution in [2.45, 2.75) is 0 Å². The molecule has 3 N–H and O–H groups in total. The summed E-state index contributed by atoms with van der Waals surface area (Å²) in [6, 6.07) is 10.7. The van der Waals surface area contributed by atoms with Crippen LogP contribution >= 0.6 is 0 Å². The standard InChI is InChI=1S/C18H17N5O2/c24-17(14-4-1-3-13(9-14)16-11-22-23-12-16)20-7-8-21-18(25)15-5-2-6-19-10-15/h1-6,9-12H,7-8H2,(H,20,24)(H,21,25)(H,22,23). The van der Waals surface area contributed by atoms with Gasteiger partial charge in [0.2, 0.25) is 0 Å². The van der Waals surface area contributed by atoms with Crippen molar-refractivity contribution < 1.29 is 9.59 Å². The average molecular weight is 335 g/mol. The summed E-state index contributed by atoms with van der Waals surface area (Å²) >= 11 is 0. The van der Waals surface area contributed by atoms with Crippen LogP contribution in [0.4, 0.5) is 0 Å². The van der Waals surface area contributed by atoms with E-state index in [1.54, 1.807) is 42.9 Å². The van der Waals surface area contributed by atoms with Crippen LogP contribution in [0.5, 0.6) is 0 Å². The molecule has 0 saturated heterocycles. The number of nitrogens with zero attached hydrogens (tertiary/aromatic N) is 2. The summed E-state index contributed by atoms with van der Waals surface area (Å²) in [7, 11) is 0. The van der Waals surface area contributed by atoms with Gasteiger partial charge in [0.25, 0.3) is 11.8 Å². The lowest BCUT2D eigenvalue weighted by Gasteiger charge is -2.08. The number of nitrogens with one attached hydrogen (secondary N) is 3. The summed E-state index contributed by atoms with van der Waals surface area (Å²) in [4.78, 5) is 28.0. The van der Waals surface area contributed by atoms with Crippen LogP contribution in [0.3, 0.4) is 0 Å². The van der Waals surface area contributed by atoms with E-state index >= 15 is 0 Å². The molecule has 0 radical (unpaired) electrons. The van der Waals surface area contributed by atoms with Crippen LogP contribution in [0.15, 0.2) is 61.2 Å². The van der Waals surface area contributed by atoms with E-state index in [0.717, 1.165) is 11.1 Å². The van der Waals surface area contributed by atoms with Gasteiger partial charge in [0.15, 0.2) is 0 Å². The minimum absolute atomic E-state index is 0.194. The molecule has 0 fully saturated rings. The van der Waals surface area contributed by atoms with E-state index < -0.39 is 0 Å². The highest BCUT2D eigenvalue weighted by Gasteiger charge is 2.08. The molecule has 0 aliphatic carbocycles. The fraction of sp³-hybridized carbons (Fsp3) is 0.111. The molecule has 25 heavy (non-hydrogen) atoms. The highest BCUT2D eigenvalue weighted by molar-refractivity contribution is 5.95. The predicted octanol–water partition coefficient (Wildman–Crippen LogP) is 1.63. The Morgan fingerprint density at radius 1 is 0.920 bits per heavy atom. The maximum atomic E-state index is 12.2. The Hall–Kier alpha value is -3.48. The predicted molar refractivity (Wildman–Crippen MR) is 92.9 cm³/mol. The quantitative estimate of drug-likeness (QED) is 0.596. The van der Waals surface area contributed by atoms with E-state index in [-0.39, 0.29) is 11.8 Å². The lowest BCUT2D eigenvalue weighted by Crippen LogP contribution is -2.34. The highest BCUT2D eigenvalue weighted by Crippen LogP contribution is 2.18. The van der Waals surface area contributed by atoms with Gasteiger partial charge in [0.1, 0.15) is 0 Å².